The molecule has 0 N–H and O–H groups in total. The van der Waals surface area contributed by atoms with Gasteiger partial charge in [-0.25, -0.2) is 0 Å². The van der Waals surface area contributed by atoms with E-state index in [0.29, 0.717) is 0 Å². The smallest absolute Gasteiger partial charge is 0.190 e. The Morgan fingerprint density at radius 3 is 2.29 bits per heavy atom. The second-order valence-corrected chi connectivity index (χ2v) is 5.04. The van der Waals surface area contributed by atoms with Gasteiger partial charge in [-0.3, -0.25) is 0 Å². The number of benzene rings is 1. The van der Waals surface area contributed by atoms with E-state index in [4.69, 9.17) is 0 Å². The standard InChI is InChI=1S/C7H8O5PS/c1-11-13(8)12-14(9,10)7-5-3-2-4-6-7/h2-6H,1H3/q+1. The van der Waals surface area contributed by atoms with Gasteiger partial charge in [-0.2, -0.15) is 8.42 Å². The second-order valence-electron chi connectivity index (χ2n) is 2.25. The van der Waals surface area contributed by atoms with E-state index in [-0.39, 0.29) is 4.90 Å². The molecule has 1 aromatic carbocycles. The van der Waals surface area contributed by atoms with Crippen LogP contribution in [0.25, 0.3) is 0 Å². The molecule has 0 saturated carbocycles. The van der Waals surface area contributed by atoms with E-state index < -0.39 is 18.4 Å². The van der Waals surface area contributed by atoms with Crippen molar-refractivity contribution in [1.82, 2.24) is 0 Å². The normalized spacial score (nSPS) is 12.5. The maximum absolute atomic E-state index is 11.3. The van der Waals surface area contributed by atoms with Crippen molar-refractivity contribution in [2.45, 2.75) is 4.90 Å². The molecule has 1 atom stereocenters. The zero-order valence-corrected chi connectivity index (χ0v) is 8.99. The lowest BCUT2D eigenvalue weighted by Gasteiger charge is -1.94. The lowest BCUT2D eigenvalue weighted by molar-refractivity contribution is 0.348. The molecule has 1 aromatic rings. The van der Waals surface area contributed by atoms with Gasteiger partial charge in [0.1, 0.15) is 0 Å². The zero-order chi connectivity index (χ0) is 10.6. The Hall–Kier alpha value is -0.810. The summed E-state index contributed by atoms with van der Waals surface area (Å²) < 4.78 is 41.8. The summed E-state index contributed by atoms with van der Waals surface area (Å²) in [4.78, 5) is -0.0552. The van der Waals surface area contributed by atoms with Gasteiger partial charge >= 0.3 is 18.4 Å². The average Bonchev–Trinajstić information content (AvgIpc) is 2.18. The van der Waals surface area contributed by atoms with Crippen LogP contribution in [0.5, 0.6) is 0 Å². The van der Waals surface area contributed by atoms with Crippen LogP contribution in [0, 0.1) is 0 Å². The molecule has 0 aromatic heterocycles. The quantitative estimate of drug-likeness (QED) is 0.743. The summed E-state index contributed by atoms with van der Waals surface area (Å²) in [5.41, 5.74) is 0. The molecule has 0 radical (unpaired) electrons. The third-order valence-electron chi connectivity index (χ3n) is 1.34. The van der Waals surface area contributed by atoms with Crippen LogP contribution in [0.1, 0.15) is 0 Å². The van der Waals surface area contributed by atoms with Crippen molar-refractivity contribution in [2.75, 3.05) is 7.11 Å². The number of hydrogen-bond donors (Lipinski definition) is 0. The van der Waals surface area contributed by atoms with Crippen molar-refractivity contribution in [2.24, 2.45) is 0 Å². The summed E-state index contributed by atoms with van der Waals surface area (Å²) in [5.74, 6) is 0. The summed E-state index contributed by atoms with van der Waals surface area (Å²) in [6.45, 7) is 0. The number of rotatable bonds is 4. The maximum Gasteiger partial charge on any atom is 0.714 e. The Kier molecular flexibility index (Phi) is 3.71. The van der Waals surface area contributed by atoms with E-state index in [0.717, 1.165) is 7.11 Å². The Balaban J connectivity index is 2.93. The SMILES string of the molecule is CO[P+](=O)OS(=O)(=O)c1ccccc1. The molecule has 1 unspecified atom stereocenters. The molecule has 0 spiro atoms. The highest BCUT2D eigenvalue weighted by Crippen LogP contribution is 2.28. The monoisotopic (exact) mass is 235 g/mol. The van der Waals surface area contributed by atoms with Gasteiger partial charge in [0.25, 0.3) is 0 Å². The minimum Gasteiger partial charge on any atom is -0.190 e. The van der Waals surface area contributed by atoms with E-state index in [9.17, 15) is 13.0 Å². The summed E-state index contributed by atoms with van der Waals surface area (Å²) in [7, 11) is -5.51. The molecule has 0 aliphatic heterocycles. The third kappa shape index (κ3) is 2.85. The minimum absolute atomic E-state index is 0.0552. The number of hydrogen-bond acceptors (Lipinski definition) is 5. The van der Waals surface area contributed by atoms with Crippen LogP contribution < -0.4 is 0 Å². The molecule has 0 heterocycles. The van der Waals surface area contributed by atoms with Gasteiger partial charge in [0.2, 0.25) is 0 Å². The Bertz CT molecular complexity index is 413. The summed E-state index contributed by atoms with van der Waals surface area (Å²) in [6, 6.07) is 7.42. The van der Waals surface area contributed by atoms with E-state index in [2.05, 4.69) is 8.49 Å². The van der Waals surface area contributed by atoms with Crippen molar-refractivity contribution < 1.29 is 21.5 Å². The lowest BCUT2D eigenvalue weighted by Crippen LogP contribution is -2.01. The topological polar surface area (TPSA) is 69.7 Å². The molecular formula is C7H8O5PS+. The Morgan fingerprint density at radius 2 is 1.79 bits per heavy atom. The molecule has 0 amide bonds. The first-order valence-corrected chi connectivity index (χ1v) is 6.07. The Labute approximate surface area is 82.7 Å². The van der Waals surface area contributed by atoms with Crippen LogP contribution in [-0.2, 0) is 23.2 Å². The van der Waals surface area contributed by atoms with Gasteiger partial charge in [-0.05, 0) is 12.1 Å². The first kappa shape index (κ1) is 11.3. The van der Waals surface area contributed by atoms with Crippen molar-refractivity contribution >= 4 is 18.4 Å². The van der Waals surface area contributed by atoms with Gasteiger partial charge < -0.3 is 0 Å². The van der Waals surface area contributed by atoms with Crippen molar-refractivity contribution in [3.8, 4) is 0 Å². The molecule has 76 valence electrons. The van der Waals surface area contributed by atoms with Crippen LogP contribution in [0.2, 0.25) is 0 Å². The van der Waals surface area contributed by atoms with Gasteiger partial charge in [0.15, 0.2) is 0 Å². The summed E-state index contributed by atoms with van der Waals surface area (Å²) >= 11 is 0. The maximum atomic E-state index is 11.3. The molecule has 1 rings (SSSR count). The van der Waals surface area contributed by atoms with Crippen molar-refractivity contribution in [3.05, 3.63) is 30.3 Å². The predicted octanol–water partition coefficient (Wildman–Crippen LogP) is 1.70. The largest absolute Gasteiger partial charge is 0.714 e. The molecule has 0 aliphatic rings. The lowest BCUT2D eigenvalue weighted by atomic mass is 10.4. The van der Waals surface area contributed by atoms with Crippen LogP contribution in [-0.4, -0.2) is 15.5 Å². The fourth-order valence-corrected chi connectivity index (χ4v) is 2.46. The fourth-order valence-electron chi connectivity index (χ4n) is 0.741. The van der Waals surface area contributed by atoms with Gasteiger partial charge in [0, 0.05) is 8.54 Å². The van der Waals surface area contributed by atoms with Gasteiger partial charge in [-0.1, -0.05) is 18.2 Å². The average molecular weight is 235 g/mol. The molecule has 0 aliphatic carbocycles. The first-order valence-electron chi connectivity index (χ1n) is 3.57. The van der Waals surface area contributed by atoms with E-state index in [1.165, 1.54) is 24.3 Å². The van der Waals surface area contributed by atoms with E-state index >= 15 is 0 Å². The predicted molar refractivity (Wildman–Crippen MR) is 49.3 cm³/mol. The second kappa shape index (κ2) is 4.61. The summed E-state index contributed by atoms with van der Waals surface area (Å²) in [6.07, 6.45) is 0. The van der Waals surface area contributed by atoms with Gasteiger partial charge in [-0.15, -0.1) is 4.52 Å². The van der Waals surface area contributed by atoms with Crippen molar-refractivity contribution in [1.29, 1.82) is 0 Å². The molecule has 0 bridgehead atoms. The highest BCUT2D eigenvalue weighted by atomic mass is 32.2. The molecule has 5 nitrogen and oxygen atoms in total. The minimum atomic E-state index is -3.98. The molecule has 7 heteroatoms. The molecule has 0 saturated heterocycles. The van der Waals surface area contributed by atoms with Crippen LogP contribution >= 0.6 is 8.25 Å². The third-order valence-corrected chi connectivity index (χ3v) is 3.76. The molecule has 14 heavy (non-hydrogen) atoms. The van der Waals surface area contributed by atoms with Crippen LogP contribution in [0.4, 0.5) is 0 Å². The van der Waals surface area contributed by atoms with E-state index in [1.807, 2.05) is 0 Å². The van der Waals surface area contributed by atoms with Crippen molar-refractivity contribution in [3.63, 3.8) is 0 Å². The zero-order valence-electron chi connectivity index (χ0n) is 7.28. The van der Waals surface area contributed by atoms with Crippen LogP contribution in [0.15, 0.2) is 35.2 Å². The fraction of sp³-hybridized carbons (Fsp3) is 0.143. The van der Waals surface area contributed by atoms with Crippen LogP contribution in [0.3, 0.4) is 0 Å². The van der Waals surface area contributed by atoms with Gasteiger partial charge in [0.05, 0.1) is 12.0 Å². The summed E-state index contributed by atoms with van der Waals surface area (Å²) in [5, 5.41) is 0. The molecular weight excluding hydrogens is 227 g/mol. The van der Waals surface area contributed by atoms with E-state index in [1.54, 1.807) is 6.07 Å². The Morgan fingerprint density at radius 1 is 1.21 bits per heavy atom. The first-order chi connectivity index (χ1) is 6.56. The molecule has 0 fully saturated rings. The highest BCUT2D eigenvalue weighted by Gasteiger charge is 2.30. The highest BCUT2D eigenvalue weighted by molar-refractivity contribution is 7.89.